The number of aliphatic carboxylic acids is 1. The van der Waals surface area contributed by atoms with E-state index in [1.165, 1.54) is 0 Å². The molecule has 3 N–H and O–H groups in total. The Kier molecular flexibility index (Phi) is 8.81. The minimum Gasteiger partial charge on any atom is -0.481 e. The zero-order valence-corrected chi connectivity index (χ0v) is 18.7. The van der Waals surface area contributed by atoms with Gasteiger partial charge in [-0.25, -0.2) is 17.9 Å². The number of benzene rings is 2. The quantitative estimate of drug-likeness (QED) is 0.548. The largest absolute Gasteiger partial charge is 0.481 e. The number of nitrogens with one attached hydrogen (secondary N) is 2. The highest BCUT2D eigenvalue weighted by Gasteiger charge is 2.26. The predicted octanol–water partition coefficient (Wildman–Crippen LogP) is 2.40. The Balaban J connectivity index is 0.000000336. The van der Waals surface area contributed by atoms with Crippen LogP contribution >= 0.6 is 0 Å². The molecule has 3 rings (SSSR count). The summed E-state index contributed by atoms with van der Waals surface area (Å²) in [6, 6.07) is 13.5. The van der Waals surface area contributed by atoms with Gasteiger partial charge in [-0.05, 0) is 55.7 Å². The summed E-state index contributed by atoms with van der Waals surface area (Å²) in [7, 11) is -3.46. The van der Waals surface area contributed by atoms with Gasteiger partial charge in [0.25, 0.3) is 0 Å². The first-order valence-corrected chi connectivity index (χ1v) is 11.4. The monoisotopic (exact) mass is 458 g/mol. The Labute approximate surface area is 188 Å². The van der Waals surface area contributed by atoms with Crippen molar-refractivity contribution in [1.82, 2.24) is 10.0 Å². The molecule has 0 saturated carbocycles. The summed E-state index contributed by atoms with van der Waals surface area (Å²) in [5.41, 5.74) is 1.90. The lowest BCUT2D eigenvalue weighted by Crippen LogP contribution is -2.32. The van der Waals surface area contributed by atoms with E-state index in [2.05, 4.69) is 16.0 Å². The Hall–Kier alpha value is -3.35. The number of carbonyl (C=O) groups excluding carboxylic acids is 1. The van der Waals surface area contributed by atoms with Gasteiger partial charge in [0.05, 0.1) is 4.90 Å². The highest BCUT2D eigenvalue weighted by molar-refractivity contribution is 7.89. The van der Waals surface area contributed by atoms with Crippen molar-refractivity contribution in [3.05, 3.63) is 48.5 Å². The number of rotatable bonds is 7. The van der Waals surface area contributed by atoms with Crippen molar-refractivity contribution in [2.45, 2.75) is 43.7 Å². The van der Waals surface area contributed by atoms with Crippen LogP contribution in [0.2, 0.25) is 0 Å². The molecule has 0 spiro atoms. The van der Waals surface area contributed by atoms with Crippen LogP contribution in [0.5, 0.6) is 5.75 Å². The summed E-state index contributed by atoms with van der Waals surface area (Å²) in [4.78, 5) is 20.8. The number of ether oxygens (including phenoxy) is 1. The topological polar surface area (TPSA) is 122 Å². The van der Waals surface area contributed by atoms with Crippen LogP contribution in [0.1, 0.15) is 26.7 Å². The van der Waals surface area contributed by atoms with Crippen molar-refractivity contribution < 1.29 is 27.9 Å². The highest BCUT2D eigenvalue weighted by atomic mass is 32.2. The maximum Gasteiger partial charge on any atom is 0.326 e. The van der Waals surface area contributed by atoms with Crippen LogP contribution < -0.4 is 14.8 Å². The van der Waals surface area contributed by atoms with Gasteiger partial charge in [0.15, 0.2) is 0 Å². The van der Waals surface area contributed by atoms with E-state index in [4.69, 9.17) is 16.3 Å². The molecule has 1 unspecified atom stereocenters. The van der Waals surface area contributed by atoms with Crippen LogP contribution in [0.3, 0.4) is 0 Å². The van der Waals surface area contributed by atoms with Crippen molar-refractivity contribution in [1.29, 1.82) is 0 Å². The number of hydrogen-bond acceptors (Lipinski definition) is 5. The second kappa shape index (κ2) is 11.3. The van der Waals surface area contributed by atoms with E-state index >= 15 is 0 Å². The van der Waals surface area contributed by atoms with Gasteiger partial charge >= 0.3 is 5.97 Å². The number of amides is 1. The molecule has 1 aliphatic rings. The molecule has 0 aliphatic carbocycles. The second-order valence-electron chi connectivity index (χ2n) is 7.31. The molecule has 0 bridgehead atoms. The molecule has 1 fully saturated rings. The number of carboxylic acid groups (broad SMARTS) is 1. The van der Waals surface area contributed by atoms with Crippen molar-refractivity contribution in [3.63, 3.8) is 0 Å². The predicted molar refractivity (Wildman–Crippen MR) is 120 cm³/mol. The lowest BCUT2D eigenvalue weighted by molar-refractivity contribution is -0.140. The fourth-order valence-corrected chi connectivity index (χ4v) is 4.12. The molecule has 1 heterocycles. The summed E-state index contributed by atoms with van der Waals surface area (Å²) in [5, 5.41) is 10.6. The Bertz CT molecular complexity index is 1070. The number of carbonyl (C=O) groups is 2. The molecule has 170 valence electrons. The smallest absolute Gasteiger partial charge is 0.326 e. The van der Waals surface area contributed by atoms with Gasteiger partial charge in [-0.15, -0.1) is 6.42 Å². The van der Waals surface area contributed by atoms with E-state index < -0.39 is 22.0 Å². The van der Waals surface area contributed by atoms with Gasteiger partial charge in [0, 0.05) is 12.5 Å². The van der Waals surface area contributed by atoms with Gasteiger partial charge in [-0.3, -0.25) is 4.79 Å². The maximum atomic E-state index is 12.1. The minimum atomic E-state index is -3.46. The standard InChI is InChI=1S/C18H19NO3S.C5H7NO3/c1-4-13-22-17-9-5-15(6-10-17)16-7-11-18(12-8-16)23(20,21)19-14(2)3;7-4-2-1-3(6-4)5(8)9/h1,5-12,14,19H,13H2,2-3H3;3H,1-2H2,(H,6,7)(H,8,9). The third kappa shape index (κ3) is 7.41. The van der Waals surface area contributed by atoms with Crippen LogP contribution in [0.25, 0.3) is 11.1 Å². The molecule has 8 nitrogen and oxygen atoms in total. The Morgan fingerprint density at radius 1 is 1.19 bits per heavy atom. The molecular formula is C23H26N2O6S. The van der Waals surface area contributed by atoms with Gasteiger partial charge in [-0.1, -0.05) is 30.2 Å². The third-order valence-electron chi connectivity index (χ3n) is 4.36. The number of hydrogen-bond donors (Lipinski definition) is 3. The zero-order valence-electron chi connectivity index (χ0n) is 17.9. The minimum absolute atomic E-state index is 0.143. The maximum absolute atomic E-state index is 12.1. The summed E-state index contributed by atoms with van der Waals surface area (Å²) < 4.78 is 32.1. The molecule has 0 aromatic heterocycles. The number of carboxylic acids is 1. The molecule has 0 radical (unpaired) electrons. The highest BCUT2D eigenvalue weighted by Crippen LogP contribution is 2.24. The fourth-order valence-electron chi connectivity index (χ4n) is 2.87. The third-order valence-corrected chi connectivity index (χ3v) is 6.03. The normalized spacial score (nSPS) is 15.3. The molecule has 1 saturated heterocycles. The summed E-state index contributed by atoms with van der Waals surface area (Å²) in [6.45, 7) is 3.81. The van der Waals surface area contributed by atoms with Crippen LogP contribution in [0.4, 0.5) is 0 Å². The van der Waals surface area contributed by atoms with E-state index in [-0.39, 0.29) is 23.5 Å². The molecule has 1 atom stereocenters. The van der Waals surface area contributed by atoms with Crippen molar-refractivity contribution in [3.8, 4) is 29.2 Å². The molecular weight excluding hydrogens is 432 g/mol. The first-order valence-electron chi connectivity index (χ1n) is 9.93. The lowest BCUT2D eigenvalue weighted by atomic mass is 10.1. The lowest BCUT2D eigenvalue weighted by Gasteiger charge is -2.10. The average molecular weight is 459 g/mol. The van der Waals surface area contributed by atoms with Gasteiger partial charge < -0.3 is 15.2 Å². The van der Waals surface area contributed by atoms with E-state index in [1.54, 1.807) is 38.1 Å². The van der Waals surface area contributed by atoms with E-state index in [9.17, 15) is 18.0 Å². The molecule has 1 aliphatic heterocycles. The molecule has 32 heavy (non-hydrogen) atoms. The van der Waals surface area contributed by atoms with Crippen LogP contribution in [-0.4, -0.2) is 44.1 Å². The molecule has 2 aromatic rings. The number of sulfonamides is 1. The number of terminal acetylenes is 1. The fraction of sp³-hybridized carbons (Fsp3) is 0.304. The molecule has 1 amide bonds. The first kappa shape index (κ1) is 24.9. The van der Waals surface area contributed by atoms with Crippen molar-refractivity contribution in [2.24, 2.45) is 0 Å². The summed E-state index contributed by atoms with van der Waals surface area (Å²) in [6.07, 6.45) is 5.92. The van der Waals surface area contributed by atoms with Gasteiger partial charge in [0.2, 0.25) is 15.9 Å². The summed E-state index contributed by atoms with van der Waals surface area (Å²) in [5.74, 6) is 2.00. The summed E-state index contributed by atoms with van der Waals surface area (Å²) >= 11 is 0. The van der Waals surface area contributed by atoms with E-state index in [0.29, 0.717) is 18.6 Å². The molecule has 2 aromatic carbocycles. The SMILES string of the molecule is C#CCOc1ccc(-c2ccc(S(=O)(=O)NC(C)C)cc2)cc1.O=C1CCC(C(=O)O)N1. The average Bonchev–Trinajstić information content (AvgIpc) is 3.19. The zero-order chi connectivity index (χ0) is 23.7. The molecule has 9 heteroatoms. The second-order valence-corrected chi connectivity index (χ2v) is 9.03. The first-order chi connectivity index (χ1) is 15.1. The Morgan fingerprint density at radius 3 is 2.16 bits per heavy atom. The van der Waals surface area contributed by atoms with E-state index in [0.717, 1.165) is 11.1 Å². The van der Waals surface area contributed by atoms with Gasteiger partial charge in [0.1, 0.15) is 18.4 Å². The van der Waals surface area contributed by atoms with Crippen molar-refractivity contribution in [2.75, 3.05) is 6.61 Å². The Morgan fingerprint density at radius 2 is 1.75 bits per heavy atom. The van der Waals surface area contributed by atoms with Gasteiger partial charge in [-0.2, -0.15) is 0 Å². The van der Waals surface area contributed by atoms with Crippen LogP contribution in [0, 0.1) is 12.3 Å². The van der Waals surface area contributed by atoms with Crippen molar-refractivity contribution >= 4 is 21.9 Å². The van der Waals surface area contributed by atoms with Crippen LogP contribution in [-0.2, 0) is 19.6 Å². The van der Waals surface area contributed by atoms with E-state index in [1.807, 2.05) is 24.3 Å². The van der Waals surface area contributed by atoms with Crippen LogP contribution in [0.15, 0.2) is 53.4 Å².